The zero-order chi connectivity index (χ0) is 21.3. The van der Waals surface area contributed by atoms with Gasteiger partial charge in [-0.25, -0.2) is 19.3 Å². The van der Waals surface area contributed by atoms with Crippen LogP contribution in [0.2, 0.25) is 0 Å². The Morgan fingerprint density at radius 1 is 1.37 bits per heavy atom. The molecule has 1 aromatic carbocycles. The second-order valence-electron chi connectivity index (χ2n) is 7.00. The maximum atomic E-state index is 15.1. The van der Waals surface area contributed by atoms with Gasteiger partial charge in [0.1, 0.15) is 6.33 Å². The van der Waals surface area contributed by atoms with Crippen LogP contribution in [0.15, 0.2) is 48.1 Å². The van der Waals surface area contributed by atoms with Crippen molar-refractivity contribution in [2.75, 3.05) is 5.32 Å². The minimum absolute atomic E-state index is 0.200. The summed E-state index contributed by atoms with van der Waals surface area (Å²) in [7, 11) is 0. The molecule has 1 aliphatic heterocycles. The predicted octanol–water partition coefficient (Wildman–Crippen LogP) is 4.00. The van der Waals surface area contributed by atoms with Gasteiger partial charge in [0.05, 0.1) is 6.33 Å². The molecule has 4 atom stereocenters. The fraction of sp³-hybridized carbons (Fsp3) is 0.368. The first-order chi connectivity index (χ1) is 14.5. The number of nitrogens with one attached hydrogen (secondary N) is 1. The van der Waals surface area contributed by atoms with E-state index in [1.54, 1.807) is 38.1 Å². The zero-order valence-electron chi connectivity index (χ0n) is 16.3. The topological polar surface area (TPSA) is 131 Å². The third kappa shape index (κ3) is 3.14. The summed E-state index contributed by atoms with van der Waals surface area (Å²) in [6.45, 7) is 3.41. The van der Waals surface area contributed by atoms with E-state index in [0.717, 1.165) is 0 Å². The first-order valence-corrected chi connectivity index (χ1v) is 9.43. The molecule has 1 saturated heterocycles. The van der Waals surface area contributed by atoms with Crippen LogP contribution in [0.4, 0.5) is 10.2 Å². The number of benzene rings is 1. The van der Waals surface area contributed by atoms with Gasteiger partial charge in [-0.1, -0.05) is 37.2 Å². The van der Waals surface area contributed by atoms with Crippen molar-refractivity contribution in [2.24, 2.45) is 11.0 Å². The largest absolute Gasteiger partial charge is 0.342 e. The second-order valence-corrected chi connectivity index (χ2v) is 7.00. The summed E-state index contributed by atoms with van der Waals surface area (Å²) in [5, 5.41) is 6.44. The van der Waals surface area contributed by atoms with Crippen molar-refractivity contribution in [1.82, 2.24) is 19.5 Å². The van der Waals surface area contributed by atoms with Crippen molar-refractivity contribution in [3.05, 3.63) is 59.0 Å². The van der Waals surface area contributed by atoms with Crippen LogP contribution in [-0.2, 0) is 4.74 Å². The van der Waals surface area contributed by atoms with Gasteiger partial charge in [0.2, 0.25) is 0 Å². The second kappa shape index (κ2) is 7.69. The van der Waals surface area contributed by atoms with E-state index in [9.17, 15) is 4.79 Å². The molecule has 0 spiro atoms. The predicted molar refractivity (Wildman–Crippen MR) is 106 cm³/mol. The Hall–Kier alpha value is -3.56. The molecule has 1 aliphatic rings. The molecule has 0 saturated carbocycles. The summed E-state index contributed by atoms with van der Waals surface area (Å²) < 4.78 is 22.5. The lowest BCUT2D eigenvalue weighted by molar-refractivity contribution is -0.0846. The van der Waals surface area contributed by atoms with Gasteiger partial charge in [0.15, 0.2) is 35.1 Å². The van der Waals surface area contributed by atoms with E-state index in [1.165, 1.54) is 17.2 Å². The molecule has 154 valence electrons. The number of rotatable bonds is 5. The summed E-state index contributed by atoms with van der Waals surface area (Å²) >= 11 is 0. The number of imidazole rings is 1. The zero-order valence-corrected chi connectivity index (χ0v) is 16.3. The van der Waals surface area contributed by atoms with Crippen molar-refractivity contribution in [3.8, 4) is 0 Å². The van der Waals surface area contributed by atoms with E-state index < -0.39 is 24.0 Å². The number of hydrogen-bond donors (Lipinski definition) is 1. The number of fused-ring (bicyclic) bond motifs is 1. The number of anilines is 1. The van der Waals surface area contributed by atoms with E-state index in [4.69, 9.17) is 10.3 Å². The molecule has 11 heteroatoms. The van der Waals surface area contributed by atoms with Crippen molar-refractivity contribution in [3.63, 3.8) is 0 Å². The Bertz CT molecular complexity index is 1130. The molecule has 1 amide bonds. The Morgan fingerprint density at radius 3 is 2.83 bits per heavy atom. The van der Waals surface area contributed by atoms with Crippen LogP contribution in [-0.4, -0.2) is 37.3 Å². The summed E-state index contributed by atoms with van der Waals surface area (Å²) in [6, 6.07) is 8.66. The maximum absolute atomic E-state index is 15.1. The summed E-state index contributed by atoms with van der Waals surface area (Å²) in [6.07, 6.45) is 0.416. The molecule has 10 nitrogen and oxygen atoms in total. The van der Waals surface area contributed by atoms with Gasteiger partial charge in [0.25, 0.3) is 5.91 Å². The SMILES string of the molecule is CC[C@@]1(N=[N+]=[N-])O[C@@H](n2cnc3c(NC(=O)c4ccccc4)ncnc32)[C@H](F)[C@@H]1C. The van der Waals surface area contributed by atoms with Crippen LogP contribution >= 0.6 is 0 Å². The quantitative estimate of drug-likeness (QED) is 0.386. The number of azide groups is 1. The highest BCUT2D eigenvalue weighted by Crippen LogP contribution is 2.46. The summed E-state index contributed by atoms with van der Waals surface area (Å²) in [4.78, 5) is 27.9. The molecule has 0 radical (unpaired) electrons. The lowest BCUT2D eigenvalue weighted by Crippen LogP contribution is -2.32. The van der Waals surface area contributed by atoms with Gasteiger partial charge < -0.3 is 10.1 Å². The van der Waals surface area contributed by atoms with Crippen LogP contribution in [0.5, 0.6) is 0 Å². The molecule has 3 heterocycles. The molecule has 0 bridgehead atoms. The molecule has 30 heavy (non-hydrogen) atoms. The standard InChI is InChI=1S/C19H19FN8O2/c1-3-19(26-27-21)11(2)13(20)18(30-19)28-10-24-14-15(22-9-23-16(14)28)25-17(29)12-7-5-4-6-8-12/h4-11,13,18H,3H2,1-2H3,(H,22,23,25,29)/t11-,13+,18+,19+/m0/s1. The third-order valence-corrected chi connectivity index (χ3v) is 5.41. The lowest BCUT2D eigenvalue weighted by atomic mass is 9.94. The molecule has 4 rings (SSSR count). The van der Waals surface area contributed by atoms with E-state index in [1.807, 2.05) is 6.07 Å². The third-order valence-electron chi connectivity index (χ3n) is 5.41. The number of carbonyl (C=O) groups is 1. The van der Waals surface area contributed by atoms with E-state index in [2.05, 4.69) is 30.3 Å². The first-order valence-electron chi connectivity index (χ1n) is 9.43. The Morgan fingerprint density at radius 2 is 2.13 bits per heavy atom. The Balaban J connectivity index is 1.69. The molecular formula is C19H19FN8O2. The molecule has 1 N–H and O–H groups in total. The fourth-order valence-corrected chi connectivity index (χ4v) is 3.65. The number of nitrogens with zero attached hydrogens (tertiary/aromatic N) is 7. The van der Waals surface area contributed by atoms with Crippen LogP contribution in [0, 0.1) is 5.92 Å². The Labute approximate surface area is 170 Å². The number of halogens is 1. The Kier molecular flexibility index (Phi) is 5.06. The molecule has 0 aliphatic carbocycles. The van der Waals surface area contributed by atoms with Crippen molar-refractivity contribution < 1.29 is 13.9 Å². The van der Waals surface area contributed by atoms with Crippen LogP contribution < -0.4 is 5.32 Å². The summed E-state index contributed by atoms with van der Waals surface area (Å²) in [5.41, 5.74) is 8.65. The summed E-state index contributed by atoms with van der Waals surface area (Å²) in [5.74, 6) is -0.821. The van der Waals surface area contributed by atoms with Crippen LogP contribution in [0.1, 0.15) is 36.9 Å². The van der Waals surface area contributed by atoms with Crippen molar-refractivity contribution in [1.29, 1.82) is 0 Å². The highest BCUT2D eigenvalue weighted by Gasteiger charge is 2.53. The van der Waals surface area contributed by atoms with Gasteiger partial charge in [-0.3, -0.25) is 9.36 Å². The van der Waals surface area contributed by atoms with E-state index in [0.29, 0.717) is 23.1 Å². The minimum Gasteiger partial charge on any atom is -0.342 e. The van der Waals surface area contributed by atoms with E-state index in [-0.39, 0.29) is 11.7 Å². The molecule has 0 unspecified atom stereocenters. The average molecular weight is 410 g/mol. The highest BCUT2D eigenvalue weighted by molar-refractivity contribution is 6.06. The molecule has 1 fully saturated rings. The minimum atomic E-state index is -1.45. The van der Waals surface area contributed by atoms with Gasteiger partial charge in [-0.2, -0.15) is 0 Å². The highest BCUT2D eigenvalue weighted by atomic mass is 19.1. The van der Waals surface area contributed by atoms with Crippen LogP contribution in [0.3, 0.4) is 0 Å². The number of alkyl halides is 1. The molecular weight excluding hydrogens is 391 g/mol. The smallest absolute Gasteiger partial charge is 0.256 e. The fourth-order valence-electron chi connectivity index (χ4n) is 3.65. The molecule has 2 aromatic heterocycles. The van der Waals surface area contributed by atoms with Crippen molar-refractivity contribution in [2.45, 2.75) is 38.4 Å². The molecule has 3 aromatic rings. The average Bonchev–Trinajstić information content (AvgIpc) is 3.30. The monoisotopic (exact) mass is 410 g/mol. The number of ether oxygens (including phenoxy) is 1. The first kappa shape index (κ1) is 19.7. The number of amides is 1. The van der Waals surface area contributed by atoms with Gasteiger partial charge in [-0.05, 0) is 24.1 Å². The number of hydrogen-bond acceptors (Lipinski definition) is 6. The van der Waals surface area contributed by atoms with Gasteiger partial charge >= 0.3 is 0 Å². The van der Waals surface area contributed by atoms with Crippen molar-refractivity contribution >= 4 is 22.9 Å². The maximum Gasteiger partial charge on any atom is 0.256 e. The van der Waals surface area contributed by atoms with Gasteiger partial charge in [-0.15, -0.1) is 0 Å². The van der Waals surface area contributed by atoms with Crippen LogP contribution in [0.25, 0.3) is 21.6 Å². The van der Waals surface area contributed by atoms with E-state index >= 15 is 4.39 Å². The normalized spacial score (nSPS) is 25.8. The lowest BCUT2D eigenvalue weighted by Gasteiger charge is -2.25. The number of aromatic nitrogens is 4. The van der Waals surface area contributed by atoms with Gasteiger partial charge in [0, 0.05) is 16.4 Å². The number of carbonyl (C=O) groups excluding carboxylic acids is 1.